The lowest BCUT2D eigenvalue weighted by molar-refractivity contribution is 0.306. The Morgan fingerprint density at radius 2 is 1.65 bits per heavy atom. The van der Waals surface area contributed by atoms with E-state index in [1.165, 1.54) is 5.56 Å². The number of anilines is 1. The second-order valence-corrected chi connectivity index (χ2v) is 6.23. The smallest absolute Gasteiger partial charge is 0.145 e. The van der Waals surface area contributed by atoms with Crippen molar-refractivity contribution in [2.75, 3.05) is 5.73 Å². The van der Waals surface area contributed by atoms with Crippen molar-refractivity contribution in [1.82, 2.24) is 0 Å². The Balaban J connectivity index is 2.08. The first kappa shape index (κ1) is 14.4. The molecule has 0 aliphatic heterocycles. The molecular formula is C18H23NO. The van der Waals surface area contributed by atoms with Crippen LogP contribution in [0.25, 0.3) is 0 Å². The Labute approximate surface area is 121 Å². The maximum absolute atomic E-state index is 5.94. The molecule has 0 amide bonds. The third-order valence-electron chi connectivity index (χ3n) is 3.45. The lowest BCUT2D eigenvalue weighted by Gasteiger charge is -2.19. The molecule has 0 saturated heterocycles. The minimum Gasteiger partial charge on any atom is -0.486 e. The van der Waals surface area contributed by atoms with Crippen molar-refractivity contribution in [3.05, 3.63) is 59.2 Å². The van der Waals surface area contributed by atoms with E-state index >= 15 is 0 Å². The predicted octanol–water partition coefficient (Wildman–Crippen LogP) is 4.45. The lowest BCUT2D eigenvalue weighted by atomic mass is 9.87. The van der Waals surface area contributed by atoms with E-state index in [9.17, 15) is 0 Å². The fraction of sp³-hybridized carbons (Fsp3) is 0.333. The number of nitrogen functional groups attached to an aromatic ring is 1. The number of hydrogen-bond acceptors (Lipinski definition) is 2. The Morgan fingerprint density at radius 1 is 1.00 bits per heavy atom. The second kappa shape index (κ2) is 5.58. The summed E-state index contributed by atoms with van der Waals surface area (Å²) < 4.78 is 5.85. The molecule has 0 aromatic heterocycles. The molecule has 0 heterocycles. The topological polar surface area (TPSA) is 35.2 Å². The van der Waals surface area contributed by atoms with E-state index in [0.29, 0.717) is 12.3 Å². The number of aryl methyl sites for hydroxylation is 1. The second-order valence-electron chi connectivity index (χ2n) is 6.23. The first-order chi connectivity index (χ1) is 9.38. The molecule has 2 heteroatoms. The quantitative estimate of drug-likeness (QED) is 0.835. The Morgan fingerprint density at radius 3 is 2.20 bits per heavy atom. The Hall–Kier alpha value is -1.96. The van der Waals surface area contributed by atoms with Gasteiger partial charge in [-0.25, -0.2) is 0 Å². The number of ether oxygens (including phenoxy) is 1. The summed E-state index contributed by atoms with van der Waals surface area (Å²) in [4.78, 5) is 0. The van der Waals surface area contributed by atoms with Crippen LogP contribution in [0.15, 0.2) is 42.5 Å². The highest BCUT2D eigenvalue weighted by Crippen LogP contribution is 2.27. The average molecular weight is 269 g/mol. The third-order valence-corrected chi connectivity index (χ3v) is 3.45. The highest BCUT2D eigenvalue weighted by molar-refractivity contribution is 5.56. The fourth-order valence-electron chi connectivity index (χ4n) is 2.13. The number of rotatable bonds is 3. The Kier molecular flexibility index (Phi) is 4.03. The monoisotopic (exact) mass is 269 g/mol. The molecule has 20 heavy (non-hydrogen) atoms. The zero-order valence-electron chi connectivity index (χ0n) is 12.7. The van der Waals surface area contributed by atoms with Gasteiger partial charge in [0.25, 0.3) is 0 Å². The van der Waals surface area contributed by atoms with Crippen molar-refractivity contribution < 1.29 is 4.74 Å². The van der Waals surface area contributed by atoms with Crippen LogP contribution in [0, 0.1) is 6.92 Å². The summed E-state index contributed by atoms with van der Waals surface area (Å²) in [6, 6.07) is 14.4. The molecule has 0 unspecified atom stereocenters. The van der Waals surface area contributed by atoms with Crippen molar-refractivity contribution in [2.45, 2.75) is 39.7 Å². The predicted molar refractivity (Wildman–Crippen MR) is 85.1 cm³/mol. The van der Waals surface area contributed by atoms with Gasteiger partial charge >= 0.3 is 0 Å². The maximum atomic E-state index is 5.94. The Bertz CT molecular complexity index is 559. The molecule has 0 bridgehead atoms. The molecule has 0 fully saturated rings. The van der Waals surface area contributed by atoms with E-state index in [-0.39, 0.29) is 5.41 Å². The van der Waals surface area contributed by atoms with Gasteiger partial charge in [0, 0.05) is 0 Å². The average Bonchev–Trinajstić information content (AvgIpc) is 2.37. The summed E-state index contributed by atoms with van der Waals surface area (Å²) in [6.07, 6.45) is 0. The molecule has 2 aromatic carbocycles. The summed E-state index contributed by atoms with van der Waals surface area (Å²) in [5.74, 6) is 0.785. The molecule has 2 nitrogen and oxygen atoms in total. The van der Waals surface area contributed by atoms with Crippen LogP contribution >= 0.6 is 0 Å². The number of nitrogens with two attached hydrogens (primary N) is 1. The SMILES string of the molecule is Cc1cccc(N)c1OCc1ccc(C(C)(C)C)cc1. The number of benzene rings is 2. The fourth-order valence-corrected chi connectivity index (χ4v) is 2.13. The highest BCUT2D eigenvalue weighted by Gasteiger charge is 2.13. The molecule has 2 rings (SSSR count). The first-order valence-electron chi connectivity index (χ1n) is 6.95. The normalized spacial score (nSPS) is 11.4. The molecule has 0 radical (unpaired) electrons. The van der Waals surface area contributed by atoms with Gasteiger partial charge in [-0.1, -0.05) is 57.2 Å². The van der Waals surface area contributed by atoms with Crippen LogP contribution in [-0.2, 0) is 12.0 Å². The van der Waals surface area contributed by atoms with Gasteiger partial charge in [0.1, 0.15) is 12.4 Å². The van der Waals surface area contributed by atoms with Crippen LogP contribution in [0.3, 0.4) is 0 Å². The zero-order chi connectivity index (χ0) is 14.8. The van der Waals surface area contributed by atoms with Gasteiger partial charge in [-0.05, 0) is 35.1 Å². The van der Waals surface area contributed by atoms with Crippen LogP contribution in [0.5, 0.6) is 5.75 Å². The van der Waals surface area contributed by atoms with E-state index in [2.05, 4.69) is 45.0 Å². The minimum atomic E-state index is 0.180. The summed E-state index contributed by atoms with van der Waals surface area (Å²) in [5, 5.41) is 0. The molecule has 2 N–H and O–H groups in total. The van der Waals surface area contributed by atoms with Crippen molar-refractivity contribution in [3.8, 4) is 5.75 Å². The van der Waals surface area contributed by atoms with Crippen molar-refractivity contribution in [1.29, 1.82) is 0 Å². The maximum Gasteiger partial charge on any atom is 0.145 e. The van der Waals surface area contributed by atoms with Gasteiger partial charge in [-0.2, -0.15) is 0 Å². The van der Waals surface area contributed by atoms with Crippen LogP contribution in [0.4, 0.5) is 5.69 Å². The zero-order valence-corrected chi connectivity index (χ0v) is 12.7. The summed E-state index contributed by atoms with van der Waals surface area (Å²) in [7, 11) is 0. The summed E-state index contributed by atoms with van der Waals surface area (Å²) >= 11 is 0. The number of para-hydroxylation sites is 1. The van der Waals surface area contributed by atoms with Gasteiger partial charge in [-0.3, -0.25) is 0 Å². The van der Waals surface area contributed by atoms with E-state index in [4.69, 9.17) is 10.5 Å². The molecule has 0 atom stereocenters. The van der Waals surface area contributed by atoms with E-state index in [0.717, 1.165) is 16.9 Å². The number of hydrogen-bond donors (Lipinski definition) is 1. The minimum absolute atomic E-state index is 0.180. The lowest BCUT2D eigenvalue weighted by Crippen LogP contribution is -2.11. The summed E-state index contributed by atoms with van der Waals surface area (Å²) in [5.41, 5.74) is 10.4. The van der Waals surface area contributed by atoms with Crippen molar-refractivity contribution in [2.24, 2.45) is 0 Å². The molecule has 106 valence electrons. The third kappa shape index (κ3) is 3.32. The molecular weight excluding hydrogens is 246 g/mol. The van der Waals surface area contributed by atoms with Gasteiger partial charge in [0.2, 0.25) is 0 Å². The van der Waals surface area contributed by atoms with Crippen molar-refractivity contribution in [3.63, 3.8) is 0 Å². The van der Waals surface area contributed by atoms with Crippen LogP contribution < -0.4 is 10.5 Å². The molecule has 0 aliphatic rings. The van der Waals surface area contributed by atoms with E-state index in [1.807, 2.05) is 25.1 Å². The van der Waals surface area contributed by atoms with Crippen molar-refractivity contribution >= 4 is 5.69 Å². The first-order valence-corrected chi connectivity index (χ1v) is 6.95. The van der Waals surface area contributed by atoms with Gasteiger partial charge in [-0.15, -0.1) is 0 Å². The largest absolute Gasteiger partial charge is 0.486 e. The van der Waals surface area contributed by atoms with Gasteiger partial charge < -0.3 is 10.5 Å². The van der Waals surface area contributed by atoms with Crippen LogP contribution in [0.1, 0.15) is 37.5 Å². The molecule has 0 aliphatic carbocycles. The molecule has 0 saturated carbocycles. The van der Waals surface area contributed by atoms with E-state index < -0.39 is 0 Å². The van der Waals surface area contributed by atoms with Crippen LogP contribution in [0.2, 0.25) is 0 Å². The van der Waals surface area contributed by atoms with Gasteiger partial charge in [0.15, 0.2) is 0 Å². The summed E-state index contributed by atoms with van der Waals surface area (Å²) in [6.45, 7) is 9.19. The highest BCUT2D eigenvalue weighted by atomic mass is 16.5. The van der Waals surface area contributed by atoms with Crippen LogP contribution in [-0.4, -0.2) is 0 Å². The van der Waals surface area contributed by atoms with Gasteiger partial charge in [0.05, 0.1) is 5.69 Å². The molecule has 2 aromatic rings. The molecule has 0 spiro atoms. The van der Waals surface area contributed by atoms with E-state index in [1.54, 1.807) is 0 Å². The standard InChI is InChI=1S/C18H23NO/c1-13-6-5-7-16(19)17(13)20-12-14-8-10-15(11-9-14)18(2,3)4/h5-11H,12,19H2,1-4H3.